The van der Waals surface area contributed by atoms with E-state index >= 15 is 0 Å². The molecule has 3 rings (SSSR count). The van der Waals surface area contributed by atoms with Gasteiger partial charge in [-0.2, -0.15) is 0 Å². The average molecular weight is 290 g/mol. The molecule has 2 aliphatic rings. The van der Waals surface area contributed by atoms with E-state index < -0.39 is 6.10 Å². The summed E-state index contributed by atoms with van der Waals surface area (Å²) < 4.78 is 5.82. The van der Waals surface area contributed by atoms with Crippen LogP contribution in [0.4, 0.5) is 0 Å². The molecule has 1 fully saturated rings. The van der Waals surface area contributed by atoms with Gasteiger partial charge in [0.25, 0.3) is 0 Å². The monoisotopic (exact) mass is 290 g/mol. The molecule has 21 heavy (non-hydrogen) atoms. The minimum Gasteiger partial charge on any atom is -0.490 e. The Balaban J connectivity index is 1.88. The predicted octanol–water partition coefficient (Wildman–Crippen LogP) is 1.74. The van der Waals surface area contributed by atoms with Crippen molar-refractivity contribution in [3.05, 3.63) is 28.8 Å². The molecular weight excluding hydrogens is 264 g/mol. The van der Waals surface area contributed by atoms with Crippen LogP contribution in [0.15, 0.2) is 12.1 Å². The highest BCUT2D eigenvalue weighted by atomic mass is 16.5. The van der Waals surface area contributed by atoms with E-state index in [1.807, 2.05) is 0 Å². The summed E-state index contributed by atoms with van der Waals surface area (Å²) in [5.74, 6) is 0.989. The molecule has 0 amide bonds. The molecule has 4 nitrogen and oxygen atoms in total. The SMILES string of the molecule is CCN1CCN(C2c3ccc(C)c(C)c3OCC2O)CC1. The van der Waals surface area contributed by atoms with Crippen molar-refractivity contribution in [1.29, 1.82) is 0 Å². The van der Waals surface area contributed by atoms with Crippen molar-refractivity contribution in [2.75, 3.05) is 39.3 Å². The lowest BCUT2D eigenvalue weighted by atomic mass is 9.92. The molecule has 2 heterocycles. The summed E-state index contributed by atoms with van der Waals surface area (Å²) in [7, 11) is 0. The first kappa shape index (κ1) is 14.8. The van der Waals surface area contributed by atoms with Gasteiger partial charge in [0, 0.05) is 31.7 Å². The second-order valence-corrected chi connectivity index (χ2v) is 6.22. The van der Waals surface area contributed by atoms with E-state index in [2.05, 4.69) is 42.7 Å². The van der Waals surface area contributed by atoms with Gasteiger partial charge in [0.2, 0.25) is 0 Å². The molecule has 4 heteroatoms. The Morgan fingerprint density at radius 3 is 2.57 bits per heavy atom. The zero-order chi connectivity index (χ0) is 15.0. The minimum atomic E-state index is -0.437. The normalized spacial score (nSPS) is 27.2. The highest BCUT2D eigenvalue weighted by Crippen LogP contribution is 2.39. The van der Waals surface area contributed by atoms with Crippen LogP contribution in [0.2, 0.25) is 0 Å². The van der Waals surface area contributed by atoms with Crippen LogP contribution >= 0.6 is 0 Å². The van der Waals surface area contributed by atoms with Crippen LogP contribution in [0, 0.1) is 13.8 Å². The smallest absolute Gasteiger partial charge is 0.127 e. The van der Waals surface area contributed by atoms with E-state index in [0.717, 1.165) is 44.0 Å². The summed E-state index contributed by atoms with van der Waals surface area (Å²) in [6.45, 7) is 12.1. The van der Waals surface area contributed by atoms with Crippen molar-refractivity contribution < 1.29 is 9.84 Å². The molecule has 1 saturated heterocycles. The largest absolute Gasteiger partial charge is 0.490 e. The minimum absolute atomic E-state index is 0.0760. The second-order valence-electron chi connectivity index (χ2n) is 6.22. The van der Waals surface area contributed by atoms with E-state index in [9.17, 15) is 5.11 Å². The standard InChI is InChI=1S/C17H26N2O2/c1-4-18-7-9-19(10-8-18)16-14-6-5-12(2)13(3)17(14)21-11-15(16)20/h5-6,15-16,20H,4,7-11H2,1-3H3. The number of fused-ring (bicyclic) bond motifs is 1. The number of hydrogen-bond acceptors (Lipinski definition) is 4. The molecule has 2 atom stereocenters. The summed E-state index contributed by atoms with van der Waals surface area (Å²) in [5.41, 5.74) is 3.61. The van der Waals surface area contributed by atoms with Gasteiger partial charge in [0.1, 0.15) is 18.5 Å². The highest BCUT2D eigenvalue weighted by molar-refractivity contribution is 5.48. The van der Waals surface area contributed by atoms with E-state index in [0.29, 0.717) is 6.61 Å². The molecule has 0 bridgehead atoms. The fourth-order valence-electron chi connectivity index (χ4n) is 3.50. The molecule has 0 spiro atoms. The van der Waals surface area contributed by atoms with Crippen LogP contribution in [0.1, 0.15) is 29.7 Å². The van der Waals surface area contributed by atoms with E-state index in [4.69, 9.17) is 4.74 Å². The summed E-state index contributed by atoms with van der Waals surface area (Å²) in [6, 6.07) is 4.36. The molecule has 0 aromatic heterocycles. The maximum atomic E-state index is 10.5. The van der Waals surface area contributed by atoms with E-state index in [-0.39, 0.29) is 6.04 Å². The van der Waals surface area contributed by atoms with Gasteiger partial charge in [-0.15, -0.1) is 0 Å². The van der Waals surface area contributed by atoms with Crippen molar-refractivity contribution >= 4 is 0 Å². The first-order chi connectivity index (χ1) is 10.1. The Morgan fingerprint density at radius 2 is 1.90 bits per heavy atom. The van der Waals surface area contributed by atoms with Crippen LogP contribution in [0.25, 0.3) is 0 Å². The molecule has 0 saturated carbocycles. The Bertz CT molecular complexity index is 510. The quantitative estimate of drug-likeness (QED) is 0.900. The van der Waals surface area contributed by atoms with Crippen LogP contribution < -0.4 is 4.74 Å². The number of aryl methyl sites for hydroxylation is 1. The lowest BCUT2D eigenvalue weighted by molar-refractivity contribution is -0.0176. The van der Waals surface area contributed by atoms with Gasteiger partial charge in [-0.25, -0.2) is 0 Å². The number of hydrogen-bond donors (Lipinski definition) is 1. The van der Waals surface area contributed by atoms with Gasteiger partial charge in [-0.05, 0) is 31.5 Å². The lowest BCUT2D eigenvalue weighted by Gasteiger charge is -2.43. The number of aliphatic hydroxyl groups excluding tert-OH is 1. The summed E-state index contributed by atoms with van der Waals surface area (Å²) in [4.78, 5) is 4.89. The molecule has 116 valence electrons. The summed E-state index contributed by atoms with van der Waals surface area (Å²) >= 11 is 0. The van der Waals surface area contributed by atoms with Crippen LogP contribution in [-0.2, 0) is 0 Å². The summed E-state index contributed by atoms with van der Waals surface area (Å²) in [5, 5.41) is 10.5. The fraction of sp³-hybridized carbons (Fsp3) is 0.647. The van der Waals surface area contributed by atoms with Crippen LogP contribution in [0.3, 0.4) is 0 Å². The van der Waals surface area contributed by atoms with Crippen LogP contribution in [-0.4, -0.2) is 60.3 Å². The topological polar surface area (TPSA) is 35.9 Å². The summed E-state index contributed by atoms with van der Waals surface area (Å²) in [6.07, 6.45) is -0.437. The third kappa shape index (κ3) is 2.68. The van der Waals surface area contributed by atoms with E-state index in [1.54, 1.807) is 0 Å². The molecule has 1 N–H and O–H groups in total. The zero-order valence-electron chi connectivity index (χ0n) is 13.3. The van der Waals surface area contributed by atoms with E-state index in [1.165, 1.54) is 11.1 Å². The number of ether oxygens (including phenoxy) is 1. The van der Waals surface area contributed by atoms with Crippen molar-refractivity contribution in [1.82, 2.24) is 9.80 Å². The third-order valence-electron chi connectivity index (χ3n) is 5.04. The number of aliphatic hydroxyl groups is 1. The molecule has 0 aliphatic carbocycles. The van der Waals surface area contributed by atoms with Gasteiger partial charge < -0.3 is 14.7 Å². The van der Waals surface area contributed by atoms with Crippen molar-refractivity contribution in [2.24, 2.45) is 0 Å². The van der Waals surface area contributed by atoms with Gasteiger partial charge >= 0.3 is 0 Å². The Kier molecular flexibility index (Phi) is 4.20. The zero-order valence-corrected chi connectivity index (χ0v) is 13.3. The molecule has 1 aromatic carbocycles. The lowest BCUT2D eigenvalue weighted by Crippen LogP contribution is -2.51. The van der Waals surface area contributed by atoms with Crippen molar-refractivity contribution in [2.45, 2.75) is 32.9 Å². The number of rotatable bonds is 2. The second kappa shape index (κ2) is 5.95. The molecule has 2 aliphatic heterocycles. The average Bonchev–Trinajstić information content (AvgIpc) is 2.51. The van der Waals surface area contributed by atoms with Crippen LogP contribution in [0.5, 0.6) is 5.75 Å². The maximum absolute atomic E-state index is 10.5. The maximum Gasteiger partial charge on any atom is 0.127 e. The first-order valence-electron chi connectivity index (χ1n) is 7.99. The molecular formula is C17H26N2O2. The fourth-order valence-corrected chi connectivity index (χ4v) is 3.50. The van der Waals surface area contributed by atoms with Gasteiger partial charge in [-0.1, -0.05) is 19.1 Å². The molecule has 2 unspecified atom stereocenters. The Hall–Kier alpha value is -1.10. The molecule has 1 aromatic rings. The number of nitrogens with zero attached hydrogens (tertiary/aromatic N) is 2. The third-order valence-corrected chi connectivity index (χ3v) is 5.04. The number of benzene rings is 1. The predicted molar refractivity (Wildman–Crippen MR) is 83.8 cm³/mol. The Labute approximate surface area is 127 Å². The number of likely N-dealkylation sites (N-methyl/N-ethyl adjacent to an activating group) is 1. The van der Waals surface area contributed by atoms with Crippen molar-refractivity contribution in [3.63, 3.8) is 0 Å². The Morgan fingerprint density at radius 1 is 1.19 bits per heavy atom. The molecule has 0 radical (unpaired) electrons. The van der Waals surface area contributed by atoms with Gasteiger partial charge in [0.05, 0.1) is 6.04 Å². The highest BCUT2D eigenvalue weighted by Gasteiger charge is 2.36. The number of piperazine rings is 1. The van der Waals surface area contributed by atoms with Gasteiger partial charge in [0.15, 0.2) is 0 Å². The first-order valence-corrected chi connectivity index (χ1v) is 7.99. The van der Waals surface area contributed by atoms with Gasteiger partial charge in [-0.3, -0.25) is 4.90 Å². The van der Waals surface area contributed by atoms with Crippen molar-refractivity contribution in [3.8, 4) is 5.75 Å².